The predicted octanol–water partition coefficient (Wildman–Crippen LogP) is 1.55. The van der Waals surface area contributed by atoms with Crippen LogP contribution in [-0.2, 0) is 7.05 Å². The largest absolute Gasteiger partial charge is 0.461 e. The van der Waals surface area contributed by atoms with Crippen molar-refractivity contribution < 1.29 is 9.21 Å². The van der Waals surface area contributed by atoms with E-state index in [-0.39, 0.29) is 5.78 Å². The molecule has 4 nitrogen and oxygen atoms in total. The van der Waals surface area contributed by atoms with E-state index < -0.39 is 0 Å². The first-order chi connectivity index (χ1) is 6.68. The predicted molar refractivity (Wildman–Crippen MR) is 50.1 cm³/mol. The average molecular weight is 190 g/mol. The molecule has 2 rings (SSSR count). The van der Waals surface area contributed by atoms with Crippen molar-refractivity contribution in [2.24, 2.45) is 7.05 Å². The zero-order valence-corrected chi connectivity index (χ0v) is 8.02. The zero-order valence-electron chi connectivity index (χ0n) is 8.02. The lowest BCUT2D eigenvalue weighted by atomic mass is 10.2. The molecule has 0 aliphatic heterocycles. The first-order valence-corrected chi connectivity index (χ1v) is 4.27. The van der Waals surface area contributed by atoms with Gasteiger partial charge in [-0.25, -0.2) is 0 Å². The summed E-state index contributed by atoms with van der Waals surface area (Å²) in [6.07, 6.45) is 1.48. The first kappa shape index (κ1) is 8.74. The minimum Gasteiger partial charge on any atom is -0.461 e. The van der Waals surface area contributed by atoms with Gasteiger partial charge in [0, 0.05) is 12.7 Å². The summed E-state index contributed by atoms with van der Waals surface area (Å²) in [4.78, 5) is 11.7. The molecule has 0 saturated heterocycles. The highest BCUT2D eigenvalue weighted by molar-refractivity contribution is 6.05. The van der Waals surface area contributed by atoms with Crippen molar-refractivity contribution >= 4 is 5.78 Å². The van der Waals surface area contributed by atoms with E-state index >= 15 is 0 Å². The van der Waals surface area contributed by atoms with Crippen molar-refractivity contribution in [3.8, 4) is 0 Å². The molecule has 0 bridgehead atoms. The Balaban J connectivity index is 2.37. The summed E-state index contributed by atoms with van der Waals surface area (Å²) in [6, 6.07) is 5.06. The highest BCUT2D eigenvalue weighted by Crippen LogP contribution is 2.09. The van der Waals surface area contributed by atoms with Crippen molar-refractivity contribution in [3.63, 3.8) is 0 Å². The number of ketones is 1. The summed E-state index contributed by atoms with van der Waals surface area (Å²) in [5.74, 6) is 0.141. The molecule has 0 aliphatic rings. The van der Waals surface area contributed by atoms with Crippen LogP contribution >= 0.6 is 0 Å². The highest BCUT2D eigenvalue weighted by atomic mass is 16.3. The van der Waals surface area contributed by atoms with Crippen molar-refractivity contribution in [3.05, 3.63) is 41.6 Å². The number of carbonyl (C=O) groups is 1. The fraction of sp³-hybridized carbons (Fsp3) is 0.200. The molecule has 0 amide bonds. The van der Waals surface area contributed by atoms with Gasteiger partial charge in [-0.1, -0.05) is 0 Å². The van der Waals surface area contributed by atoms with Gasteiger partial charge in [-0.3, -0.25) is 9.48 Å². The van der Waals surface area contributed by atoms with Crippen LogP contribution in [0.15, 0.2) is 28.9 Å². The summed E-state index contributed by atoms with van der Waals surface area (Å²) in [7, 11) is 1.80. The van der Waals surface area contributed by atoms with E-state index in [1.165, 1.54) is 6.26 Å². The molecule has 0 unspecified atom stereocenters. The van der Waals surface area contributed by atoms with Gasteiger partial charge >= 0.3 is 0 Å². The molecule has 0 fully saturated rings. The number of rotatable bonds is 2. The Hall–Kier alpha value is -1.84. The van der Waals surface area contributed by atoms with Gasteiger partial charge in [0.2, 0.25) is 5.78 Å². The maximum absolute atomic E-state index is 11.7. The second-order valence-corrected chi connectivity index (χ2v) is 3.10. The molecule has 0 aliphatic carbocycles. The summed E-state index contributed by atoms with van der Waals surface area (Å²) >= 11 is 0. The second kappa shape index (κ2) is 3.14. The van der Waals surface area contributed by atoms with E-state index in [2.05, 4.69) is 5.10 Å². The summed E-state index contributed by atoms with van der Waals surface area (Å²) in [5.41, 5.74) is 1.36. The molecule has 0 radical (unpaired) electrons. The van der Waals surface area contributed by atoms with Gasteiger partial charge < -0.3 is 4.42 Å². The van der Waals surface area contributed by atoms with Crippen LogP contribution in [0.3, 0.4) is 0 Å². The molecule has 0 aromatic carbocycles. The molecule has 0 saturated carbocycles. The summed E-state index contributed by atoms with van der Waals surface area (Å²) in [6.45, 7) is 1.89. The lowest BCUT2D eigenvalue weighted by molar-refractivity contribution is 0.100. The van der Waals surface area contributed by atoms with Gasteiger partial charge in [0.1, 0.15) is 5.69 Å². The number of aromatic nitrogens is 2. The molecule has 0 atom stereocenters. The summed E-state index contributed by atoms with van der Waals surface area (Å²) < 4.78 is 6.66. The van der Waals surface area contributed by atoms with E-state index in [0.29, 0.717) is 11.5 Å². The molecule has 4 heteroatoms. The first-order valence-electron chi connectivity index (χ1n) is 4.27. The molecule has 14 heavy (non-hydrogen) atoms. The number of furan rings is 1. The van der Waals surface area contributed by atoms with Crippen LogP contribution in [-0.4, -0.2) is 15.6 Å². The topological polar surface area (TPSA) is 48.0 Å². The van der Waals surface area contributed by atoms with Crippen LogP contribution in [0.25, 0.3) is 0 Å². The number of hydrogen-bond donors (Lipinski definition) is 0. The maximum Gasteiger partial charge on any atom is 0.248 e. The van der Waals surface area contributed by atoms with E-state index in [1.807, 2.05) is 6.92 Å². The van der Waals surface area contributed by atoms with Gasteiger partial charge in [-0.05, 0) is 25.1 Å². The van der Waals surface area contributed by atoms with E-state index in [0.717, 1.165) is 5.69 Å². The number of hydrogen-bond acceptors (Lipinski definition) is 3. The highest BCUT2D eigenvalue weighted by Gasteiger charge is 2.15. The number of nitrogens with zero attached hydrogens (tertiary/aromatic N) is 2. The molecular weight excluding hydrogens is 180 g/mol. The Bertz CT molecular complexity index is 435. The molecule has 0 N–H and O–H groups in total. The molecule has 2 aromatic rings. The third-order valence-electron chi connectivity index (χ3n) is 2.09. The quantitative estimate of drug-likeness (QED) is 0.675. The Labute approximate surface area is 81.1 Å². The van der Waals surface area contributed by atoms with Gasteiger partial charge in [0.05, 0.1) is 6.26 Å². The minimum absolute atomic E-state index is 0.182. The maximum atomic E-state index is 11.7. The molecule has 2 heterocycles. The fourth-order valence-electron chi connectivity index (χ4n) is 1.21. The van der Waals surface area contributed by atoms with E-state index in [9.17, 15) is 4.79 Å². The Morgan fingerprint density at radius 3 is 2.86 bits per heavy atom. The van der Waals surface area contributed by atoms with Gasteiger partial charge in [-0.15, -0.1) is 0 Å². The van der Waals surface area contributed by atoms with E-state index in [1.54, 1.807) is 29.9 Å². The Morgan fingerprint density at radius 2 is 2.36 bits per heavy atom. The van der Waals surface area contributed by atoms with Crippen LogP contribution in [0.5, 0.6) is 0 Å². The lowest BCUT2D eigenvalue weighted by Crippen LogP contribution is -2.01. The number of aryl methyl sites for hydroxylation is 2. The monoisotopic (exact) mass is 190 g/mol. The van der Waals surface area contributed by atoms with Crippen molar-refractivity contribution in [2.75, 3.05) is 0 Å². The smallest absolute Gasteiger partial charge is 0.248 e. The average Bonchev–Trinajstić information content (AvgIpc) is 2.76. The second-order valence-electron chi connectivity index (χ2n) is 3.10. The van der Waals surface area contributed by atoms with Crippen LogP contribution in [0, 0.1) is 6.92 Å². The van der Waals surface area contributed by atoms with Crippen LogP contribution in [0.1, 0.15) is 21.9 Å². The third kappa shape index (κ3) is 1.35. The molecular formula is C10H10N2O2. The van der Waals surface area contributed by atoms with Crippen LogP contribution < -0.4 is 0 Å². The van der Waals surface area contributed by atoms with Gasteiger partial charge in [-0.2, -0.15) is 5.10 Å². The Morgan fingerprint density at radius 1 is 1.57 bits per heavy atom. The minimum atomic E-state index is -0.182. The normalized spacial score (nSPS) is 10.4. The molecule has 72 valence electrons. The Kier molecular flexibility index (Phi) is 1.96. The lowest BCUT2D eigenvalue weighted by Gasteiger charge is -1.90. The van der Waals surface area contributed by atoms with Crippen LogP contribution in [0.4, 0.5) is 0 Å². The molecule has 2 aromatic heterocycles. The molecule has 0 spiro atoms. The number of carbonyl (C=O) groups excluding carboxylic acids is 1. The van der Waals surface area contributed by atoms with Gasteiger partial charge in [0.25, 0.3) is 0 Å². The van der Waals surface area contributed by atoms with E-state index in [4.69, 9.17) is 4.42 Å². The van der Waals surface area contributed by atoms with Crippen molar-refractivity contribution in [1.29, 1.82) is 0 Å². The zero-order chi connectivity index (χ0) is 10.1. The fourth-order valence-corrected chi connectivity index (χ4v) is 1.21. The SMILES string of the molecule is Cc1cc(C(=O)c2ccco2)nn1C. The van der Waals surface area contributed by atoms with Gasteiger partial charge in [0.15, 0.2) is 5.76 Å². The van der Waals surface area contributed by atoms with Crippen molar-refractivity contribution in [2.45, 2.75) is 6.92 Å². The standard InChI is InChI=1S/C10H10N2O2/c1-7-6-8(11-12(7)2)10(13)9-4-3-5-14-9/h3-6H,1-2H3. The summed E-state index contributed by atoms with van der Waals surface area (Å²) in [5, 5.41) is 4.07. The van der Waals surface area contributed by atoms with Crippen molar-refractivity contribution in [1.82, 2.24) is 9.78 Å². The third-order valence-corrected chi connectivity index (χ3v) is 2.09. The van der Waals surface area contributed by atoms with Crippen LogP contribution in [0.2, 0.25) is 0 Å².